The minimum atomic E-state index is -0.456. The first-order valence-corrected chi connectivity index (χ1v) is 9.51. The second-order valence-corrected chi connectivity index (χ2v) is 6.83. The van der Waals surface area contributed by atoms with Gasteiger partial charge in [-0.1, -0.05) is 48.5 Å². The molecule has 0 bridgehead atoms. The summed E-state index contributed by atoms with van der Waals surface area (Å²) in [6, 6.07) is 18.1. The Kier molecular flexibility index (Phi) is 7.03. The van der Waals surface area contributed by atoms with Gasteiger partial charge in [0.1, 0.15) is 12.7 Å². The summed E-state index contributed by atoms with van der Waals surface area (Å²) in [4.78, 5) is 26.5. The highest BCUT2D eigenvalue weighted by Gasteiger charge is 2.34. The zero-order valence-corrected chi connectivity index (χ0v) is 15.7. The summed E-state index contributed by atoms with van der Waals surface area (Å²) < 4.78 is 11.0. The lowest BCUT2D eigenvalue weighted by molar-refractivity contribution is -0.0121. The van der Waals surface area contributed by atoms with Crippen molar-refractivity contribution < 1.29 is 24.2 Å². The fourth-order valence-electron chi connectivity index (χ4n) is 3.36. The molecule has 6 heteroatoms. The van der Waals surface area contributed by atoms with Crippen LogP contribution in [0.3, 0.4) is 0 Å². The number of likely N-dealkylation sites (tertiary alicyclic amines) is 1. The Bertz CT molecular complexity index is 765. The van der Waals surface area contributed by atoms with Gasteiger partial charge in [-0.05, 0) is 37.0 Å². The summed E-state index contributed by atoms with van der Waals surface area (Å²) in [6.07, 6.45) is 0.911. The summed E-state index contributed by atoms with van der Waals surface area (Å²) >= 11 is 0. The predicted octanol–water partition coefficient (Wildman–Crippen LogP) is 3.40. The number of esters is 1. The molecule has 2 aromatic rings. The third-order valence-electron chi connectivity index (χ3n) is 4.85. The molecular weight excluding hydrogens is 358 g/mol. The topological polar surface area (TPSA) is 76.1 Å². The van der Waals surface area contributed by atoms with Crippen LogP contribution in [0.4, 0.5) is 4.79 Å². The lowest BCUT2D eigenvalue weighted by Gasteiger charge is -2.38. The average molecular weight is 383 g/mol. The van der Waals surface area contributed by atoms with Gasteiger partial charge in [0.25, 0.3) is 0 Å². The van der Waals surface area contributed by atoms with Crippen LogP contribution < -0.4 is 0 Å². The Morgan fingerprint density at radius 1 is 1.00 bits per heavy atom. The number of hydrogen-bond donors (Lipinski definition) is 1. The van der Waals surface area contributed by atoms with Crippen molar-refractivity contribution in [3.05, 3.63) is 71.8 Å². The molecule has 1 fully saturated rings. The third kappa shape index (κ3) is 5.33. The SMILES string of the molecule is O=C(OC1CCC(CCO)N(C(=O)OCc2ccccc2)C1)c1ccccc1. The van der Waals surface area contributed by atoms with Crippen molar-refractivity contribution in [1.29, 1.82) is 0 Å². The van der Waals surface area contributed by atoms with Gasteiger partial charge in [-0.15, -0.1) is 0 Å². The van der Waals surface area contributed by atoms with Gasteiger partial charge >= 0.3 is 12.1 Å². The highest BCUT2D eigenvalue weighted by atomic mass is 16.6. The van der Waals surface area contributed by atoms with E-state index < -0.39 is 18.2 Å². The molecule has 2 aromatic carbocycles. The number of aliphatic hydroxyl groups excluding tert-OH is 1. The van der Waals surface area contributed by atoms with Crippen LogP contribution >= 0.6 is 0 Å². The Morgan fingerprint density at radius 3 is 2.36 bits per heavy atom. The van der Waals surface area contributed by atoms with E-state index in [1.165, 1.54) is 0 Å². The number of aliphatic hydroxyl groups is 1. The number of ether oxygens (including phenoxy) is 2. The predicted molar refractivity (Wildman–Crippen MR) is 104 cm³/mol. The van der Waals surface area contributed by atoms with Crippen LogP contribution in [0.5, 0.6) is 0 Å². The van der Waals surface area contributed by atoms with Crippen molar-refractivity contribution in [2.24, 2.45) is 0 Å². The largest absolute Gasteiger partial charge is 0.457 e. The zero-order chi connectivity index (χ0) is 19.8. The quantitative estimate of drug-likeness (QED) is 0.774. The number of nitrogens with zero attached hydrogens (tertiary/aromatic N) is 1. The summed E-state index contributed by atoms with van der Waals surface area (Å²) in [5.74, 6) is -0.399. The summed E-state index contributed by atoms with van der Waals surface area (Å²) in [6.45, 7) is 0.426. The molecule has 28 heavy (non-hydrogen) atoms. The lowest BCUT2D eigenvalue weighted by atomic mass is 9.98. The molecule has 1 N–H and O–H groups in total. The summed E-state index contributed by atoms with van der Waals surface area (Å²) in [5.41, 5.74) is 1.39. The van der Waals surface area contributed by atoms with E-state index in [2.05, 4.69) is 0 Å². The van der Waals surface area contributed by atoms with E-state index in [-0.39, 0.29) is 25.8 Å². The molecule has 1 aliphatic heterocycles. The minimum Gasteiger partial charge on any atom is -0.457 e. The number of hydrogen-bond acceptors (Lipinski definition) is 5. The summed E-state index contributed by atoms with van der Waals surface area (Å²) in [5, 5.41) is 9.32. The van der Waals surface area contributed by atoms with Gasteiger partial charge in [0.15, 0.2) is 0 Å². The molecular formula is C22H25NO5. The Hall–Kier alpha value is -2.86. The van der Waals surface area contributed by atoms with Gasteiger partial charge in [0.2, 0.25) is 0 Å². The number of amides is 1. The van der Waals surface area contributed by atoms with Crippen molar-refractivity contribution in [2.45, 2.75) is 38.0 Å². The molecule has 148 valence electrons. The second-order valence-electron chi connectivity index (χ2n) is 6.83. The zero-order valence-electron chi connectivity index (χ0n) is 15.7. The molecule has 2 atom stereocenters. The third-order valence-corrected chi connectivity index (χ3v) is 4.85. The van der Waals surface area contributed by atoms with Gasteiger partial charge in [-0.2, -0.15) is 0 Å². The molecule has 6 nitrogen and oxygen atoms in total. The molecule has 0 saturated carbocycles. The summed E-state index contributed by atoms with van der Waals surface area (Å²) in [7, 11) is 0. The average Bonchev–Trinajstić information content (AvgIpc) is 2.74. The van der Waals surface area contributed by atoms with Crippen LogP contribution in [-0.2, 0) is 16.1 Å². The molecule has 0 radical (unpaired) electrons. The van der Waals surface area contributed by atoms with E-state index >= 15 is 0 Å². The van der Waals surface area contributed by atoms with E-state index in [0.717, 1.165) is 5.56 Å². The van der Waals surface area contributed by atoms with E-state index in [0.29, 0.717) is 24.8 Å². The van der Waals surface area contributed by atoms with Gasteiger partial charge in [0, 0.05) is 12.6 Å². The number of piperidine rings is 1. The number of carbonyl (C=O) groups is 2. The van der Waals surface area contributed by atoms with Crippen LogP contribution in [0.1, 0.15) is 35.2 Å². The number of carbonyl (C=O) groups excluding carboxylic acids is 2. The molecule has 1 saturated heterocycles. The van der Waals surface area contributed by atoms with Crippen LogP contribution in [0, 0.1) is 0 Å². The molecule has 3 rings (SSSR count). The van der Waals surface area contributed by atoms with Crippen LogP contribution in [0.15, 0.2) is 60.7 Å². The molecule has 1 amide bonds. The maximum absolute atomic E-state index is 12.6. The Balaban J connectivity index is 1.60. The Morgan fingerprint density at radius 2 is 1.68 bits per heavy atom. The molecule has 1 heterocycles. The van der Waals surface area contributed by atoms with Crippen LogP contribution in [0.25, 0.3) is 0 Å². The van der Waals surface area contributed by atoms with Gasteiger partial charge in [0.05, 0.1) is 12.1 Å². The van der Waals surface area contributed by atoms with Gasteiger partial charge in [-0.25, -0.2) is 9.59 Å². The highest BCUT2D eigenvalue weighted by Crippen LogP contribution is 2.24. The molecule has 1 aliphatic rings. The molecule has 0 aromatic heterocycles. The van der Waals surface area contributed by atoms with E-state index in [9.17, 15) is 14.7 Å². The lowest BCUT2D eigenvalue weighted by Crippen LogP contribution is -2.50. The fourth-order valence-corrected chi connectivity index (χ4v) is 3.36. The van der Waals surface area contributed by atoms with Crippen LogP contribution in [-0.4, -0.2) is 47.4 Å². The minimum absolute atomic E-state index is 0.0123. The van der Waals surface area contributed by atoms with Crippen molar-refractivity contribution >= 4 is 12.1 Å². The maximum atomic E-state index is 12.6. The normalized spacial score (nSPS) is 19.1. The highest BCUT2D eigenvalue weighted by molar-refractivity contribution is 5.89. The van der Waals surface area contributed by atoms with Gasteiger partial charge < -0.3 is 19.5 Å². The first-order valence-electron chi connectivity index (χ1n) is 9.51. The Labute approximate surface area is 164 Å². The molecule has 0 spiro atoms. The van der Waals surface area contributed by atoms with Crippen molar-refractivity contribution in [3.8, 4) is 0 Å². The number of rotatable bonds is 6. The van der Waals surface area contributed by atoms with Crippen LogP contribution in [0.2, 0.25) is 0 Å². The smallest absolute Gasteiger partial charge is 0.410 e. The van der Waals surface area contributed by atoms with Gasteiger partial charge in [-0.3, -0.25) is 0 Å². The van der Waals surface area contributed by atoms with Crippen molar-refractivity contribution in [1.82, 2.24) is 4.90 Å². The molecule has 0 aliphatic carbocycles. The van der Waals surface area contributed by atoms with E-state index in [1.807, 2.05) is 36.4 Å². The first kappa shape index (κ1) is 19.9. The number of benzene rings is 2. The fraction of sp³-hybridized carbons (Fsp3) is 0.364. The van der Waals surface area contributed by atoms with Crippen molar-refractivity contribution in [3.63, 3.8) is 0 Å². The van der Waals surface area contributed by atoms with Crippen molar-refractivity contribution in [2.75, 3.05) is 13.2 Å². The second kappa shape index (κ2) is 9.90. The first-order chi connectivity index (χ1) is 13.7. The van der Waals surface area contributed by atoms with E-state index in [4.69, 9.17) is 9.47 Å². The standard InChI is InChI=1S/C22H25NO5/c24-14-13-19-11-12-20(28-21(25)18-9-5-2-6-10-18)15-23(19)22(26)27-16-17-7-3-1-4-8-17/h1-10,19-20,24H,11-16H2. The van der Waals surface area contributed by atoms with E-state index in [1.54, 1.807) is 29.2 Å². The maximum Gasteiger partial charge on any atom is 0.410 e. The molecule has 2 unspecified atom stereocenters. The monoisotopic (exact) mass is 383 g/mol.